The Hall–Kier alpha value is -2.64. The second-order valence-electron chi connectivity index (χ2n) is 4.07. The molecule has 5 nitrogen and oxygen atoms in total. The number of carboxylic acid groups (broad SMARTS) is 1. The van der Waals surface area contributed by atoms with Crippen molar-refractivity contribution in [3.05, 3.63) is 53.5 Å². The van der Waals surface area contributed by atoms with Gasteiger partial charge in [0, 0.05) is 18.9 Å². The Morgan fingerprint density at radius 1 is 1.19 bits per heavy atom. The van der Waals surface area contributed by atoms with Crippen molar-refractivity contribution in [1.29, 1.82) is 0 Å². The third-order valence-electron chi connectivity index (χ3n) is 2.67. The Balaban J connectivity index is 2.24. The van der Waals surface area contributed by atoms with Crippen LogP contribution in [0.4, 0.5) is 19.0 Å². The molecular formula is C13H10F3N3O2. The number of alkyl halides is 3. The van der Waals surface area contributed by atoms with Crippen molar-refractivity contribution in [1.82, 2.24) is 9.97 Å². The van der Waals surface area contributed by atoms with Gasteiger partial charge in [0.15, 0.2) is 11.5 Å². The molecule has 0 aliphatic rings. The standard InChI is InChI=1S/C13H10F3N3O2/c14-13(15,16)9-4-2-1-3-8(9)7-19-11-10(12(20)21)17-5-6-18-11/h1-6H,7H2,(H,18,19)(H,20,21). The van der Waals surface area contributed by atoms with Crippen molar-refractivity contribution >= 4 is 11.8 Å². The zero-order chi connectivity index (χ0) is 15.5. The molecule has 0 radical (unpaired) electrons. The molecule has 0 fully saturated rings. The quantitative estimate of drug-likeness (QED) is 0.907. The minimum atomic E-state index is -4.48. The van der Waals surface area contributed by atoms with E-state index in [2.05, 4.69) is 15.3 Å². The lowest BCUT2D eigenvalue weighted by molar-refractivity contribution is -0.138. The van der Waals surface area contributed by atoms with Gasteiger partial charge in [0.1, 0.15) is 0 Å². The highest BCUT2D eigenvalue weighted by molar-refractivity contribution is 5.90. The van der Waals surface area contributed by atoms with Crippen LogP contribution in [0.25, 0.3) is 0 Å². The van der Waals surface area contributed by atoms with Gasteiger partial charge in [0.2, 0.25) is 0 Å². The number of halogens is 3. The number of carbonyl (C=O) groups is 1. The molecule has 0 saturated carbocycles. The van der Waals surface area contributed by atoms with Gasteiger partial charge in [-0.05, 0) is 11.6 Å². The molecular weight excluding hydrogens is 287 g/mol. The number of aromatic nitrogens is 2. The molecule has 8 heteroatoms. The molecule has 1 aromatic carbocycles. The van der Waals surface area contributed by atoms with Crippen molar-refractivity contribution in [3.8, 4) is 0 Å². The van der Waals surface area contributed by atoms with Crippen LogP contribution in [0.2, 0.25) is 0 Å². The summed E-state index contributed by atoms with van der Waals surface area (Å²) in [4.78, 5) is 18.3. The average molecular weight is 297 g/mol. The summed E-state index contributed by atoms with van der Waals surface area (Å²) in [5.41, 5.74) is -1.13. The molecule has 0 bridgehead atoms. The first kappa shape index (κ1) is 14.8. The topological polar surface area (TPSA) is 75.1 Å². The van der Waals surface area contributed by atoms with Crippen LogP contribution in [0.5, 0.6) is 0 Å². The van der Waals surface area contributed by atoms with Crippen LogP contribution in [0.1, 0.15) is 21.6 Å². The third-order valence-corrected chi connectivity index (χ3v) is 2.67. The molecule has 0 aliphatic carbocycles. The van der Waals surface area contributed by atoms with E-state index in [0.29, 0.717) is 0 Å². The van der Waals surface area contributed by atoms with Crippen LogP contribution < -0.4 is 5.32 Å². The molecule has 0 atom stereocenters. The van der Waals surface area contributed by atoms with Crippen LogP contribution >= 0.6 is 0 Å². The highest BCUT2D eigenvalue weighted by Gasteiger charge is 2.32. The van der Waals surface area contributed by atoms with Crippen molar-refractivity contribution in [2.24, 2.45) is 0 Å². The van der Waals surface area contributed by atoms with Gasteiger partial charge in [-0.2, -0.15) is 13.2 Å². The van der Waals surface area contributed by atoms with E-state index in [0.717, 1.165) is 6.07 Å². The van der Waals surface area contributed by atoms with Gasteiger partial charge >= 0.3 is 12.1 Å². The summed E-state index contributed by atoms with van der Waals surface area (Å²) >= 11 is 0. The number of hydrogen-bond donors (Lipinski definition) is 2. The molecule has 1 aromatic heterocycles. The second kappa shape index (κ2) is 5.78. The summed E-state index contributed by atoms with van der Waals surface area (Å²) in [5.74, 6) is -1.39. The van der Waals surface area contributed by atoms with Crippen molar-refractivity contribution in [2.45, 2.75) is 12.7 Å². The summed E-state index contributed by atoms with van der Waals surface area (Å²) in [6.07, 6.45) is -2.03. The number of nitrogens with one attached hydrogen (secondary N) is 1. The molecule has 2 rings (SSSR count). The van der Waals surface area contributed by atoms with Crippen LogP contribution in [-0.4, -0.2) is 21.0 Å². The van der Waals surface area contributed by atoms with Gasteiger partial charge in [-0.25, -0.2) is 14.8 Å². The fourth-order valence-corrected chi connectivity index (χ4v) is 1.75. The number of rotatable bonds is 4. The van der Waals surface area contributed by atoms with Crippen LogP contribution in [0, 0.1) is 0 Å². The Kier molecular flexibility index (Phi) is 4.06. The first-order chi connectivity index (χ1) is 9.89. The molecule has 0 saturated heterocycles. The van der Waals surface area contributed by atoms with Crippen LogP contribution in [0.3, 0.4) is 0 Å². The van der Waals surface area contributed by atoms with E-state index < -0.39 is 17.7 Å². The Morgan fingerprint density at radius 3 is 2.52 bits per heavy atom. The van der Waals surface area contributed by atoms with Crippen LogP contribution in [-0.2, 0) is 12.7 Å². The predicted molar refractivity (Wildman–Crippen MR) is 67.8 cm³/mol. The lowest BCUT2D eigenvalue weighted by Crippen LogP contribution is -2.14. The molecule has 0 spiro atoms. The van der Waals surface area contributed by atoms with E-state index in [4.69, 9.17) is 5.11 Å². The highest BCUT2D eigenvalue weighted by Crippen LogP contribution is 2.32. The molecule has 2 N–H and O–H groups in total. The normalized spacial score (nSPS) is 11.2. The maximum atomic E-state index is 12.8. The van der Waals surface area contributed by atoms with Crippen LogP contribution in [0.15, 0.2) is 36.7 Å². The summed E-state index contributed by atoms with van der Waals surface area (Å²) in [5, 5.41) is 11.5. The number of benzene rings is 1. The van der Waals surface area contributed by atoms with Gasteiger partial charge in [-0.15, -0.1) is 0 Å². The Labute approximate surface area is 117 Å². The van der Waals surface area contributed by atoms with Gasteiger partial charge < -0.3 is 10.4 Å². The first-order valence-electron chi connectivity index (χ1n) is 5.83. The number of anilines is 1. The molecule has 1 heterocycles. The first-order valence-corrected chi connectivity index (χ1v) is 5.83. The molecule has 2 aromatic rings. The van der Waals surface area contributed by atoms with E-state index in [1.165, 1.54) is 30.6 Å². The summed E-state index contributed by atoms with van der Waals surface area (Å²) in [6, 6.07) is 5.04. The minimum Gasteiger partial charge on any atom is -0.476 e. The van der Waals surface area contributed by atoms with Crippen molar-refractivity contribution < 1.29 is 23.1 Å². The molecule has 0 unspecified atom stereocenters. The average Bonchev–Trinajstić information content (AvgIpc) is 2.44. The lowest BCUT2D eigenvalue weighted by Gasteiger charge is -2.13. The monoisotopic (exact) mass is 297 g/mol. The van der Waals surface area contributed by atoms with Gasteiger partial charge in [0.25, 0.3) is 0 Å². The second-order valence-corrected chi connectivity index (χ2v) is 4.07. The summed E-state index contributed by atoms with van der Waals surface area (Å²) < 4.78 is 38.5. The smallest absolute Gasteiger partial charge is 0.416 e. The molecule has 0 aliphatic heterocycles. The summed E-state index contributed by atoms with van der Waals surface area (Å²) in [6.45, 7) is -0.214. The van der Waals surface area contributed by atoms with Crippen molar-refractivity contribution in [2.75, 3.05) is 5.32 Å². The van der Waals surface area contributed by atoms with E-state index in [1.807, 2.05) is 0 Å². The number of carboxylic acids is 1. The van der Waals surface area contributed by atoms with Gasteiger partial charge in [0.05, 0.1) is 5.56 Å². The molecule has 21 heavy (non-hydrogen) atoms. The van der Waals surface area contributed by atoms with Gasteiger partial charge in [-0.1, -0.05) is 18.2 Å². The van der Waals surface area contributed by atoms with E-state index in [-0.39, 0.29) is 23.6 Å². The van der Waals surface area contributed by atoms with E-state index >= 15 is 0 Å². The van der Waals surface area contributed by atoms with E-state index in [9.17, 15) is 18.0 Å². The van der Waals surface area contributed by atoms with Gasteiger partial charge in [-0.3, -0.25) is 0 Å². The van der Waals surface area contributed by atoms with E-state index in [1.54, 1.807) is 0 Å². The Bertz CT molecular complexity index is 659. The maximum Gasteiger partial charge on any atom is 0.416 e. The molecule has 110 valence electrons. The van der Waals surface area contributed by atoms with Crippen molar-refractivity contribution in [3.63, 3.8) is 0 Å². The predicted octanol–water partition coefficient (Wildman–Crippen LogP) is 2.81. The lowest BCUT2D eigenvalue weighted by atomic mass is 10.1. The summed E-state index contributed by atoms with van der Waals surface area (Å²) in [7, 11) is 0. The fraction of sp³-hybridized carbons (Fsp3) is 0.154. The SMILES string of the molecule is O=C(O)c1nccnc1NCc1ccccc1C(F)(F)F. The zero-order valence-electron chi connectivity index (χ0n) is 10.6. The highest BCUT2D eigenvalue weighted by atomic mass is 19.4. The number of nitrogens with zero attached hydrogens (tertiary/aromatic N) is 2. The fourth-order valence-electron chi connectivity index (χ4n) is 1.75. The minimum absolute atomic E-state index is 0.00741. The molecule has 0 amide bonds. The number of aromatic carboxylic acids is 1. The Morgan fingerprint density at radius 2 is 1.86 bits per heavy atom. The zero-order valence-corrected chi connectivity index (χ0v) is 10.6. The maximum absolute atomic E-state index is 12.8. The number of hydrogen-bond acceptors (Lipinski definition) is 4. The third kappa shape index (κ3) is 3.47. The largest absolute Gasteiger partial charge is 0.476 e.